The van der Waals surface area contributed by atoms with Crippen molar-refractivity contribution < 1.29 is 19.1 Å². The number of carbonyl (C=O) groups is 3. The van der Waals surface area contributed by atoms with Crippen molar-refractivity contribution in [2.24, 2.45) is 5.73 Å². The van der Waals surface area contributed by atoms with Gasteiger partial charge in [-0.3, -0.25) is 4.79 Å². The number of urea groups is 1. The van der Waals surface area contributed by atoms with E-state index in [0.717, 1.165) is 38.5 Å². The number of nitrogens with two attached hydrogens (primary N) is 1. The molecule has 0 saturated carbocycles. The molecule has 0 aliphatic rings. The Bertz CT molecular complexity index is 659. The lowest BCUT2D eigenvalue weighted by molar-refractivity contribution is -0.161. The Kier molecular flexibility index (Phi) is 33.0. The van der Waals surface area contributed by atoms with Gasteiger partial charge in [-0.15, -0.1) is 0 Å². The third kappa shape index (κ3) is 30.4. The van der Waals surface area contributed by atoms with Crippen molar-refractivity contribution >= 4 is 18.0 Å². The van der Waals surface area contributed by atoms with E-state index in [1.807, 2.05) is 0 Å². The highest BCUT2D eigenvalue weighted by Gasteiger charge is 2.24. The summed E-state index contributed by atoms with van der Waals surface area (Å²) < 4.78 is 5.10. The van der Waals surface area contributed by atoms with Crippen LogP contribution in [0.3, 0.4) is 0 Å². The van der Waals surface area contributed by atoms with Crippen LogP contribution in [-0.2, 0) is 14.3 Å². The Morgan fingerprint density at radius 1 is 0.545 bits per heavy atom. The van der Waals surface area contributed by atoms with Gasteiger partial charge in [0.05, 0.1) is 0 Å². The zero-order valence-electron chi connectivity index (χ0n) is 29.2. The van der Waals surface area contributed by atoms with Crippen molar-refractivity contribution in [2.45, 2.75) is 206 Å². The number of hydrogen-bond acceptors (Lipinski definition) is 5. The Morgan fingerprint density at radius 3 is 1.39 bits per heavy atom. The second-order valence-corrected chi connectivity index (χ2v) is 12.9. The number of nitrogens with one attached hydrogen (secondary N) is 2. The number of carbonyl (C=O) groups excluding carboxylic acids is 3. The molecule has 0 fully saturated rings. The van der Waals surface area contributed by atoms with Crippen LogP contribution >= 0.6 is 0 Å². The first-order valence-corrected chi connectivity index (χ1v) is 19.0. The molecule has 7 nitrogen and oxygen atoms in total. The van der Waals surface area contributed by atoms with E-state index in [0.29, 0.717) is 25.9 Å². The van der Waals surface area contributed by atoms with Crippen molar-refractivity contribution in [3.63, 3.8) is 0 Å². The minimum absolute atomic E-state index is 0.239. The normalized spacial score (nSPS) is 11.8. The Labute approximate surface area is 272 Å². The topological polar surface area (TPSA) is 111 Å². The van der Waals surface area contributed by atoms with Crippen LogP contribution in [0, 0.1) is 0 Å². The van der Waals surface area contributed by atoms with Gasteiger partial charge >= 0.3 is 18.0 Å². The third-order valence-electron chi connectivity index (χ3n) is 8.55. The standard InChI is InChI=1S/C37H73N3O4/c1-3-5-7-9-11-13-14-15-16-17-18-19-21-23-25-29-33-39-37(43)40-34(30-27-28-32-38)36(42)44-35(41)31-26-24-22-20-12-10-8-6-4-2/h34H,3-33,38H2,1-2H3,(H2,39,40,43)/t34-/m0/s1. The second-order valence-electron chi connectivity index (χ2n) is 12.9. The molecular formula is C37H73N3O4. The van der Waals surface area contributed by atoms with Gasteiger partial charge < -0.3 is 21.1 Å². The maximum atomic E-state index is 12.7. The molecule has 2 amide bonds. The van der Waals surface area contributed by atoms with Crippen molar-refractivity contribution in [1.29, 1.82) is 0 Å². The number of hydrogen-bond donors (Lipinski definition) is 3. The van der Waals surface area contributed by atoms with E-state index in [1.54, 1.807) is 0 Å². The summed E-state index contributed by atoms with van der Waals surface area (Å²) in [6, 6.07) is -1.22. The number of ether oxygens (including phenoxy) is 1. The lowest BCUT2D eigenvalue weighted by Crippen LogP contribution is -2.47. The SMILES string of the molecule is CCCCCCCCCCCCCCCCCCNC(=O)N[C@@H](CCCCN)C(=O)OC(=O)CCCCCCCCCCC. The minimum atomic E-state index is -0.834. The Hall–Kier alpha value is -1.63. The molecule has 0 bridgehead atoms. The number of unbranched alkanes of at least 4 members (excludes halogenated alkanes) is 24. The van der Waals surface area contributed by atoms with Crippen LogP contribution in [0.4, 0.5) is 4.79 Å². The first-order valence-electron chi connectivity index (χ1n) is 19.0. The summed E-state index contributed by atoms with van der Waals surface area (Å²) in [5.41, 5.74) is 5.60. The zero-order valence-corrected chi connectivity index (χ0v) is 29.2. The molecule has 4 N–H and O–H groups in total. The molecule has 0 rings (SSSR count). The molecule has 0 aromatic heterocycles. The van der Waals surface area contributed by atoms with Crippen LogP contribution in [0.25, 0.3) is 0 Å². The smallest absolute Gasteiger partial charge is 0.336 e. The predicted octanol–water partition coefficient (Wildman–Crippen LogP) is 10.0. The van der Waals surface area contributed by atoms with Crippen molar-refractivity contribution in [1.82, 2.24) is 10.6 Å². The van der Waals surface area contributed by atoms with E-state index in [9.17, 15) is 14.4 Å². The van der Waals surface area contributed by atoms with Crippen molar-refractivity contribution in [2.75, 3.05) is 13.1 Å². The molecule has 0 unspecified atom stereocenters. The fourth-order valence-corrected chi connectivity index (χ4v) is 5.64. The number of rotatable bonds is 33. The van der Waals surface area contributed by atoms with Crippen molar-refractivity contribution in [3.8, 4) is 0 Å². The largest absolute Gasteiger partial charge is 0.392 e. The van der Waals surface area contributed by atoms with Crippen molar-refractivity contribution in [3.05, 3.63) is 0 Å². The first kappa shape index (κ1) is 42.4. The maximum Gasteiger partial charge on any atom is 0.336 e. The van der Waals surface area contributed by atoms with E-state index in [4.69, 9.17) is 10.5 Å². The molecule has 1 atom stereocenters. The molecule has 0 aliphatic heterocycles. The molecule has 0 saturated heterocycles. The van der Waals surface area contributed by atoms with Gasteiger partial charge in [-0.2, -0.15) is 0 Å². The molecule has 7 heteroatoms. The fraction of sp³-hybridized carbons (Fsp3) is 0.919. The first-order chi connectivity index (χ1) is 21.5. The molecule has 0 radical (unpaired) electrons. The van der Waals surface area contributed by atoms with E-state index >= 15 is 0 Å². The average Bonchev–Trinajstić information content (AvgIpc) is 3.01. The Morgan fingerprint density at radius 2 is 0.955 bits per heavy atom. The summed E-state index contributed by atoms with van der Waals surface area (Å²) in [4.78, 5) is 37.3. The van der Waals surface area contributed by atoms with E-state index in [-0.39, 0.29) is 12.5 Å². The average molecular weight is 624 g/mol. The monoisotopic (exact) mass is 624 g/mol. The second kappa shape index (κ2) is 34.2. The molecule has 0 heterocycles. The summed E-state index contributed by atoms with van der Waals surface area (Å²) in [6.45, 7) is 5.59. The number of esters is 2. The van der Waals surface area contributed by atoms with Crippen LogP contribution in [0.2, 0.25) is 0 Å². The van der Waals surface area contributed by atoms with Crippen LogP contribution in [0.1, 0.15) is 200 Å². The summed E-state index contributed by atoms with van der Waals surface area (Å²) in [7, 11) is 0. The van der Waals surface area contributed by atoms with Gasteiger partial charge in [-0.25, -0.2) is 9.59 Å². The predicted molar refractivity (Wildman–Crippen MR) is 186 cm³/mol. The highest BCUT2D eigenvalue weighted by atomic mass is 16.6. The van der Waals surface area contributed by atoms with Gasteiger partial charge in [0, 0.05) is 13.0 Å². The quantitative estimate of drug-likeness (QED) is 0.0383. The van der Waals surface area contributed by atoms with Gasteiger partial charge in [0.25, 0.3) is 0 Å². The summed E-state index contributed by atoms with van der Waals surface area (Å²) in [6.07, 6.45) is 33.5. The molecule has 0 aromatic rings. The number of amides is 2. The Balaban J connectivity index is 3.91. The zero-order chi connectivity index (χ0) is 32.4. The van der Waals surface area contributed by atoms with Crippen LogP contribution < -0.4 is 16.4 Å². The maximum absolute atomic E-state index is 12.7. The van der Waals surface area contributed by atoms with E-state index < -0.39 is 18.0 Å². The lowest BCUT2D eigenvalue weighted by Gasteiger charge is -2.17. The summed E-state index contributed by atoms with van der Waals surface area (Å²) in [5, 5.41) is 5.59. The van der Waals surface area contributed by atoms with Crippen LogP contribution in [0.5, 0.6) is 0 Å². The highest BCUT2D eigenvalue weighted by Crippen LogP contribution is 2.14. The van der Waals surface area contributed by atoms with Gasteiger partial charge in [0.1, 0.15) is 6.04 Å². The van der Waals surface area contributed by atoms with E-state index in [1.165, 1.54) is 128 Å². The summed E-state index contributed by atoms with van der Waals surface area (Å²) in [5.74, 6) is -1.17. The highest BCUT2D eigenvalue weighted by molar-refractivity contribution is 5.90. The van der Waals surface area contributed by atoms with Gasteiger partial charge in [0.15, 0.2) is 0 Å². The summed E-state index contributed by atoms with van der Waals surface area (Å²) >= 11 is 0. The third-order valence-corrected chi connectivity index (χ3v) is 8.55. The van der Waals surface area contributed by atoms with Crippen LogP contribution in [0.15, 0.2) is 0 Å². The molecular weight excluding hydrogens is 550 g/mol. The molecule has 260 valence electrons. The van der Waals surface area contributed by atoms with Gasteiger partial charge in [0.2, 0.25) is 0 Å². The molecule has 0 spiro atoms. The van der Waals surface area contributed by atoms with Gasteiger partial charge in [-0.05, 0) is 38.6 Å². The molecule has 44 heavy (non-hydrogen) atoms. The molecule has 0 aliphatic carbocycles. The van der Waals surface area contributed by atoms with E-state index in [2.05, 4.69) is 24.5 Å². The fourth-order valence-electron chi connectivity index (χ4n) is 5.64. The lowest BCUT2D eigenvalue weighted by atomic mass is 10.0. The van der Waals surface area contributed by atoms with Gasteiger partial charge in [-0.1, -0.05) is 162 Å². The minimum Gasteiger partial charge on any atom is -0.392 e. The molecule has 0 aromatic carbocycles. The van der Waals surface area contributed by atoms with Crippen LogP contribution in [-0.4, -0.2) is 37.1 Å².